The molecule has 17 heavy (non-hydrogen) atoms. The van der Waals surface area contributed by atoms with Crippen molar-refractivity contribution in [2.24, 2.45) is 11.8 Å². The van der Waals surface area contributed by atoms with Crippen LogP contribution in [0.2, 0.25) is 0 Å². The molecule has 0 spiro atoms. The summed E-state index contributed by atoms with van der Waals surface area (Å²) >= 11 is 3.01. The van der Waals surface area contributed by atoms with Crippen molar-refractivity contribution in [2.45, 2.75) is 33.3 Å². The maximum absolute atomic E-state index is 13.7. The van der Waals surface area contributed by atoms with Crippen LogP contribution < -0.4 is 0 Å². The lowest BCUT2D eigenvalue weighted by Crippen LogP contribution is -2.25. The zero-order valence-electron chi connectivity index (χ0n) is 10.2. The Balaban J connectivity index is 2.92. The van der Waals surface area contributed by atoms with Gasteiger partial charge in [-0.25, -0.2) is 8.78 Å². The van der Waals surface area contributed by atoms with E-state index < -0.39 is 17.7 Å². The average molecular weight is 307 g/mol. The Morgan fingerprint density at radius 2 is 1.82 bits per heavy atom. The summed E-state index contributed by atoms with van der Waals surface area (Å²) in [6, 6.07) is 2.53. The minimum absolute atomic E-state index is 0.00352. The van der Waals surface area contributed by atoms with Crippen LogP contribution in [0.15, 0.2) is 16.6 Å². The van der Waals surface area contributed by atoms with Gasteiger partial charge < -0.3 is 5.11 Å². The van der Waals surface area contributed by atoms with E-state index in [1.54, 1.807) is 0 Å². The fraction of sp³-hybridized carbons (Fsp3) is 0.538. The molecule has 1 aromatic carbocycles. The van der Waals surface area contributed by atoms with Crippen LogP contribution in [-0.2, 0) is 6.42 Å². The van der Waals surface area contributed by atoms with Gasteiger partial charge in [-0.15, -0.1) is 0 Å². The topological polar surface area (TPSA) is 20.2 Å². The van der Waals surface area contributed by atoms with Crippen molar-refractivity contribution in [3.8, 4) is 0 Å². The molecule has 0 aliphatic carbocycles. The minimum atomic E-state index is -0.742. The molecule has 1 rings (SSSR count). The maximum atomic E-state index is 13.7. The Morgan fingerprint density at radius 1 is 1.24 bits per heavy atom. The number of aliphatic hydroxyl groups is 1. The van der Waals surface area contributed by atoms with Crippen LogP contribution in [0.5, 0.6) is 0 Å². The molecule has 1 aromatic rings. The van der Waals surface area contributed by atoms with Crippen LogP contribution in [-0.4, -0.2) is 11.2 Å². The molecule has 1 nitrogen and oxygen atoms in total. The zero-order valence-corrected chi connectivity index (χ0v) is 11.8. The Morgan fingerprint density at radius 3 is 2.35 bits per heavy atom. The van der Waals surface area contributed by atoms with E-state index in [-0.39, 0.29) is 28.3 Å². The van der Waals surface area contributed by atoms with Crippen LogP contribution in [0.25, 0.3) is 0 Å². The largest absolute Gasteiger partial charge is 0.392 e. The van der Waals surface area contributed by atoms with E-state index in [2.05, 4.69) is 15.9 Å². The molecule has 0 radical (unpaired) electrons. The molecule has 2 atom stereocenters. The van der Waals surface area contributed by atoms with Gasteiger partial charge in [-0.05, 0) is 39.9 Å². The smallest absolute Gasteiger partial charge is 0.143 e. The molecule has 96 valence electrons. The standard InChI is InChI=1S/C13H17BrF2O/c1-7(2)8(3)12(17)6-9-11(15)5-4-10(14)13(9)16/h4-5,7-8,12,17H,6H2,1-3H3. The Labute approximate surface area is 109 Å². The molecule has 0 aliphatic rings. The van der Waals surface area contributed by atoms with Crippen molar-refractivity contribution in [1.82, 2.24) is 0 Å². The predicted octanol–water partition coefficient (Wildman–Crippen LogP) is 3.92. The highest BCUT2D eigenvalue weighted by molar-refractivity contribution is 9.10. The zero-order chi connectivity index (χ0) is 13.2. The van der Waals surface area contributed by atoms with E-state index in [9.17, 15) is 13.9 Å². The summed E-state index contributed by atoms with van der Waals surface area (Å²) in [6.45, 7) is 5.83. The lowest BCUT2D eigenvalue weighted by molar-refractivity contribution is 0.0904. The van der Waals surface area contributed by atoms with E-state index in [1.165, 1.54) is 12.1 Å². The molecule has 0 amide bonds. The summed E-state index contributed by atoms with van der Waals surface area (Å²) in [4.78, 5) is 0. The first-order chi connectivity index (χ1) is 7.84. The number of benzene rings is 1. The minimum Gasteiger partial charge on any atom is -0.392 e. The fourth-order valence-electron chi connectivity index (χ4n) is 1.60. The van der Waals surface area contributed by atoms with Gasteiger partial charge in [0.2, 0.25) is 0 Å². The third kappa shape index (κ3) is 3.49. The summed E-state index contributed by atoms with van der Waals surface area (Å²) in [5.74, 6) is -0.975. The quantitative estimate of drug-likeness (QED) is 0.836. The maximum Gasteiger partial charge on any atom is 0.143 e. The third-order valence-electron chi connectivity index (χ3n) is 3.21. The van der Waals surface area contributed by atoms with Gasteiger partial charge in [-0.2, -0.15) is 0 Å². The number of hydrogen-bond donors (Lipinski definition) is 1. The molecular formula is C13H17BrF2O. The highest BCUT2D eigenvalue weighted by Crippen LogP contribution is 2.25. The Hall–Kier alpha value is -0.480. The highest BCUT2D eigenvalue weighted by Gasteiger charge is 2.22. The first kappa shape index (κ1) is 14.6. The summed E-state index contributed by atoms with van der Waals surface area (Å²) in [7, 11) is 0. The molecular weight excluding hydrogens is 290 g/mol. The normalized spacial score (nSPS) is 15.1. The molecule has 0 heterocycles. The molecule has 0 aliphatic heterocycles. The van der Waals surface area contributed by atoms with Gasteiger partial charge >= 0.3 is 0 Å². The van der Waals surface area contributed by atoms with Crippen molar-refractivity contribution in [2.75, 3.05) is 0 Å². The van der Waals surface area contributed by atoms with Crippen LogP contribution in [0, 0.1) is 23.5 Å². The van der Waals surface area contributed by atoms with Crippen molar-refractivity contribution >= 4 is 15.9 Å². The number of halogens is 3. The Kier molecular flexibility index (Phi) is 5.07. The summed E-state index contributed by atoms with van der Waals surface area (Å²) in [5.41, 5.74) is -0.0561. The van der Waals surface area contributed by atoms with E-state index in [1.807, 2.05) is 20.8 Å². The van der Waals surface area contributed by atoms with Gasteiger partial charge in [0.25, 0.3) is 0 Å². The molecule has 4 heteroatoms. The van der Waals surface area contributed by atoms with Crippen molar-refractivity contribution in [1.29, 1.82) is 0 Å². The molecule has 0 bridgehead atoms. The van der Waals surface area contributed by atoms with Crippen LogP contribution in [0.1, 0.15) is 26.3 Å². The summed E-state index contributed by atoms with van der Waals surface area (Å²) < 4.78 is 27.4. The van der Waals surface area contributed by atoms with E-state index >= 15 is 0 Å². The van der Waals surface area contributed by atoms with Crippen LogP contribution >= 0.6 is 15.9 Å². The molecule has 0 aromatic heterocycles. The van der Waals surface area contributed by atoms with Crippen molar-refractivity contribution in [3.63, 3.8) is 0 Å². The summed E-state index contributed by atoms with van der Waals surface area (Å²) in [5, 5.41) is 9.93. The third-order valence-corrected chi connectivity index (χ3v) is 3.82. The lowest BCUT2D eigenvalue weighted by atomic mass is 9.88. The fourth-order valence-corrected chi connectivity index (χ4v) is 1.97. The summed E-state index contributed by atoms with van der Waals surface area (Å²) in [6.07, 6.45) is -0.746. The van der Waals surface area contributed by atoms with Gasteiger partial charge in [0, 0.05) is 12.0 Å². The van der Waals surface area contributed by atoms with E-state index in [0.717, 1.165) is 0 Å². The van der Waals surface area contributed by atoms with Crippen molar-refractivity contribution in [3.05, 3.63) is 33.8 Å². The molecule has 2 unspecified atom stereocenters. The van der Waals surface area contributed by atoms with Gasteiger partial charge in [0.15, 0.2) is 0 Å². The molecule has 1 N–H and O–H groups in total. The second-order valence-corrected chi connectivity index (χ2v) is 5.55. The lowest BCUT2D eigenvalue weighted by Gasteiger charge is -2.22. The van der Waals surface area contributed by atoms with E-state index in [4.69, 9.17) is 0 Å². The number of aliphatic hydroxyl groups excluding tert-OH is 1. The van der Waals surface area contributed by atoms with Gasteiger partial charge in [-0.1, -0.05) is 20.8 Å². The van der Waals surface area contributed by atoms with Gasteiger partial charge in [0.1, 0.15) is 11.6 Å². The molecule has 0 saturated heterocycles. The number of rotatable bonds is 4. The first-order valence-corrected chi connectivity index (χ1v) is 6.44. The first-order valence-electron chi connectivity index (χ1n) is 5.65. The SMILES string of the molecule is CC(C)C(C)C(O)Cc1c(F)ccc(Br)c1F. The van der Waals surface area contributed by atoms with Crippen molar-refractivity contribution < 1.29 is 13.9 Å². The predicted molar refractivity (Wildman–Crippen MR) is 67.8 cm³/mol. The monoisotopic (exact) mass is 306 g/mol. The second-order valence-electron chi connectivity index (χ2n) is 4.70. The Bertz CT molecular complexity index is 393. The van der Waals surface area contributed by atoms with Crippen LogP contribution in [0.3, 0.4) is 0 Å². The second kappa shape index (κ2) is 5.91. The highest BCUT2D eigenvalue weighted by atomic mass is 79.9. The molecule has 0 fully saturated rings. The van der Waals surface area contributed by atoms with Gasteiger partial charge in [-0.3, -0.25) is 0 Å². The number of hydrogen-bond acceptors (Lipinski definition) is 1. The molecule has 0 saturated carbocycles. The van der Waals surface area contributed by atoms with E-state index in [0.29, 0.717) is 0 Å². The average Bonchev–Trinajstić information content (AvgIpc) is 2.28. The van der Waals surface area contributed by atoms with Crippen LogP contribution in [0.4, 0.5) is 8.78 Å². The van der Waals surface area contributed by atoms with Gasteiger partial charge in [0.05, 0.1) is 10.6 Å².